The van der Waals surface area contributed by atoms with Crippen LogP contribution in [0.2, 0.25) is 0 Å². The summed E-state index contributed by atoms with van der Waals surface area (Å²) in [5.74, 6) is 1.93. The van der Waals surface area contributed by atoms with Gasteiger partial charge in [0.05, 0.1) is 24.6 Å². The Bertz CT molecular complexity index is 1410. The third kappa shape index (κ3) is 4.25. The van der Waals surface area contributed by atoms with Gasteiger partial charge >= 0.3 is 0 Å². The molecule has 7 nitrogen and oxygen atoms in total. The highest BCUT2D eigenvalue weighted by Gasteiger charge is 2.42. The average Bonchev–Trinajstić information content (AvgIpc) is 3.35. The number of benzene rings is 2. The maximum Gasteiger partial charge on any atom is 0.210 e. The summed E-state index contributed by atoms with van der Waals surface area (Å²) < 4.78 is 19.9. The molecule has 0 fully saturated rings. The highest BCUT2D eigenvalue weighted by Crippen LogP contribution is 2.41. The van der Waals surface area contributed by atoms with Gasteiger partial charge in [0, 0.05) is 5.56 Å². The van der Waals surface area contributed by atoms with Gasteiger partial charge in [0.1, 0.15) is 27.6 Å². The van der Waals surface area contributed by atoms with Gasteiger partial charge in [-0.15, -0.1) is 0 Å². The first-order valence-corrected chi connectivity index (χ1v) is 11.8. The molecule has 0 spiro atoms. The Morgan fingerprint density at radius 2 is 1.65 bits per heavy atom. The molecule has 1 aliphatic heterocycles. The lowest BCUT2D eigenvalue weighted by atomic mass is 9.92. The van der Waals surface area contributed by atoms with Gasteiger partial charge in [-0.25, -0.2) is 9.50 Å². The number of ether oxygens (including phenoxy) is 3. The van der Waals surface area contributed by atoms with E-state index < -0.39 is 5.60 Å². The predicted octanol–water partition coefficient (Wildman–Crippen LogP) is 5.17. The van der Waals surface area contributed by atoms with Crippen LogP contribution in [-0.2, 0) is 16.1 Å². The molecule has 0 aliphatic carbocycles. The van der Waals surface area contributed by atoms with Gasteiger partial charge < -0.3 is 14.2 Å². The van der Waals surface area contributed by atoms with E-state index >= 15 is 0 Å². The van der Waals surface area contributed by atoms with Crippen LogP contribution in [0, 0.1) is 3.70 Å². The Morgan fingerprint density at radius 3 is 2.35 bits per heavy atom. The normalized spacial score (nSPS) is 15.0. The van der Waals surface area contributed by atoms with Gasteiger partial charge in [0.2, 0.25) is 5.78 Å². The molecule has 1 aliphatic rings. The maximum absolute atomic E-state index is 13.2. The van der Waals surface area contributed by atoms with Crippen molar-refractivity contribution in [1.82, 2.24) is 14.6 Å². The van der Waals surface area contributed by atoms with Crippen LogP contribution in [0.4, 0.5) is 0 Å². The topological polar surface area (TPSA) is 75.0 Å². The lowest BCUT2D eigenvalue weighted by Gasteiger charge is -2.17. The Morgan fingerprint density at radius 1 is 0.971 bits per heavy atom. The van der Waals surface area contributed by atoms with Crippen LogP contribution >= 0.6 is 22.6 Å². The third-order valence-electron chi connectivity index (χ3n) is 5.58. The van der Waals surface area contributed by atoms with Gasteiger partial charge in [-0.1, -0.05) is 12.1 Å². The highest BCUT2D eigenvalue weighted by atomic mass is 127. The fraction of sp³-hybridized carbons (Fsp3) is 0.192. The summed E-state index contributed by atoms with van der Waals surface area (Å²) in [6, 6.07) is 18.8. The number of carbonyl (C=O) groups is 1. The quantitative estimate of drug-likeness (QED) is 0.300. The molecule has 0 amide bonds. The summed E-state index contributed by atoms with van der Waals surface area (Å²) >= 11 is 2.17. The molecule has 34 heavy (non-hydrogen) atoms. The summed E-state index contributed by atoms with van der Waals surface area (Å²) in [6.07, 6.45) is 1.86. The van der Waals surface area contributed by atoms with Crippen molar-refractivity contribution < 1.29 is 19.0 Å². The van der Waals surface area contributed by atoms with Crippen LogP contribution in [0.25, 0.3) is 17.0 Å². The van der Waals surface area contributed by atoms with Gasteiger partial charge in [0.25, 0.3) is 0 Å². The minimum Gasteiger partial charge on any atom is -0.497 e. The van der Waals surface area contributed by atoms with Crippen LogP contribution in [-0.4, -0.2) is 33.1 Å². The number of Topliss-reactive ketones (excluding diaryl/α,β-unsaturated/α-hetero) is 1. The molecule has 8 heteroatoms. The fourth-order valence-electron chi connectivity index (χ4n) is 3.82. The summed E-state index contributed by atoms with van der Waals surface area (Å²) in [4.78, 5) is 17.7. The van der Waals surface area contributed by atoms with E-state index in [4.69, 9.17) is 14.2 Å². The molecular weight excluding hydrogens is 545 g/mol. The van der Waals surface area contributed by atoms with Crippen molar-refractivity contribution in [2.75, 3.05) is 7.11 Å². The first kappa shape index (κ1) is 22.4. The first-order chi connectivity index (χ1) is 16.3. The van der Waals surface area contributed by atoms with E-state index in [-0.39, 0.29) is 5.78 Å². The van der Waals surface area contributed by atoms with Crippen LogP contribution < -0.4 is 9.47 Å². The van der Waals surface area contributed by atoms with E-state index in [1.165, 1.54) is 0 Å². The lowest BCUT2D eigenvalue weighted by molar-refractivity contribution is -0.125. The Balaban J connectivity index is 1.39. The molecule has 0 saturated carbocycles. The molecule has 2 aromatic carbocycles. The van der Waals surface area contributed by atoms with Gasteiger partial charge in [0.15, 0.2) is 11.2 Å². The summed E-state index contributed by atoms with van der Waals surface area (Å²) in [5, 5.41) is 4.40. The zero-order valence-electron chi connectivity index (χ0n) is 18.9. The third-order valence-corrected chi connectivity index (χ3v) is 6.15. The summed E-state index contributed by atoms with van der Waals surface area (Å²) in [5.41, 5.74) is 2.78. The van der Waals surface area contributed by atoms with Gasteiger partial charge in [-0.2, -0.15) is 5.10 Å². The van der Waals surface area contributed by atoms with E-state index in [2.05, 4.69) is 32.7 Å². The summed E-state index contributed by atoms with van der Waals surface area (Å²) in [7, 11) is 1.62. The van der Waals surface area contributed by atoms with E-state index in [1.54, 1.807) is 25.5 Å². The number of rotatable bonds is 6. The highest BCUT2D eigenvalue weighted by molar-refractivity contribution is 14.1. The molecule has 172 valence electrons. The van der Waals surface area contributed by atoms with E-state index in [9.17, 15) is 4.79 Å². The van der Waals surface area contributed by atoms with E-state index in [1.807, 2.05) is 66.9 Å². The number of hydrogen-bond donors (Lipinski definition) is 0. The lowest BCUT2D eigenvalue weighted by Crippen LogP contribution is -2.29. The number of carbonyl (C=O) groups excluding carboxylic acids is 1. The second kappa shape index (κ2) is 8.75. The largest absolute Gasteiger partial charge is 0.497 e. The number of aromatic nitrogens is 3. The maximum atomic E-state index is 13.2. The molecule has 0 radical (unpaired) electrons. The molecule has 0 saturated heterocycles. The van der Waals surface area contributed by atoms with Crippen LogP contribution in [0.15, 0.2) is 66.9 Å². The Hall–Kier alpha value is -3.40. The minimum atomic E-state index is -0.936. The Labute approximate surface area is 210 Å². The minimum absolute atomic E-state index is 0.0566. The predicted molar refractivity (Wildman–Crippen MR) is 136 cm³/mol. The SMILES string of the molecule is COc1ccc(C2=C(c3ccc(OCc4cn5nc(I)ccc5n4)cc3)C(=O)C(C)(C)O2)cc1. The standard InChI is InChI=1S/C26H22IN3O4/c1-26(2)25(31)23(24(34-26)17-6-8-19(32-3)9-7-17)16-4-10-20(11-5-16)33-15-18-14-30-22(28-18)13-12-21(27)29-30/h4-14H,15H2,1-3H3. The summed E-state index contributed by atoms with van der Waals surface area (Å²) in [6.45, 7) is 3.89. The second-order valence-electron chi connectivity index (χ2n) is 8.38. The number of imidazole rings is 1. The Kier molecular flexibility index (Phi) is 5.76. The number of fused-ring (bicyclic) bond motifs is 1. The molecule has 0 bridgehead atoms. The number of nitrogens with zero attached hydrogens (tertiary/aromatic N) is 3. The molecule has 3 heterocycles. The van der Waals surface area contributed by atoms with Crippen molar-refractivity contribution in [1.29, 1.82) is 0 Å². The smallest absolute Gasteiger partial charge is 0.210 e. The zero-order valence-corrected chi connectivity index (χ0v) is 21.1. The van der Waals surface area contributed by atoms with E-state index in [0.29, 0.717) is 23.7 Å². The van der Waals surface area contributed by atoms with Gasteiger partial charge in [-0.3, -0.25) is 4.79 Å². The number of hydrogen-bond acceptors (Lipinski definition) is 6. The monoisotopic (exact) mass is 567 g/mol. The van der Waals surface area contributed by atoms with Crippen molar-refractivity contribution in [2.24, 2.45) is 0 Å². The molecule has 4 aromatic rings. The van der Waals surface area contributed by atoms with Crippen molar-refractivity contribution in [2.45, 2.75) is 26.1 Å². The number of ketones is 1. The number of methoxy groups -OCH3 is 1. The molecule has 0 unspecified atom stereocenters. The van der Waals surface area contributed by atoms with Crippen LogP contribution in [0.5, 0.6) is 11.5 Å². The molecule has 0 atom stereocenters. The van der Waals surface area contributed by atoms with Gasteiger partial charge in [-0.05, 0) is 90.5 Å². The van der Waals surface area contributed by atoms with Crippen molar-refractivity contribution >= 4 is 45.4 Å². The van der Waals surface area contributed by atoms with Crippen molar-refractivity contribution in [3.05, 3.63) is 87.4 Å². The van der Waals surface area contributed by atoms with Crippen molar-refractivity contribution in [3.8, 4) is 11.5 Å². The molecular formula is C26H22IN3O4. The van der Waals surface area contributed by atoms with Crippen LogP contribution in [0.1, 0.15) is 30.7 Å². The average molecular weight is 567 g/mol. The molecule has 2 aromatic heterocycles. The first-order valence-electron chi connectivity index (χ1n) is 10.7. The fourth-order valence-corrected chi connectivity index (χ4v) is 4.23. The zero-order chi connectivity index (χ0) is 23.9. The molecule has 0 N–H and O–H groups in total. The van der Waals surface area contributed by atoms with Crippen LogP contribution in [0.3, 0.4) is 0 Å². The van der Waals surface area contributed by atoms with Crippen molar-refractivity contribution in [3.63, 3.8) is 0 Å². The van der Waals surface area contributed by atoms with E-state index in [0.717, 1.165) is 31.9 Å². The second-order valence-corrected chi connectivity index (χ2v) is 9.48. The molecule has 5 rings (SSSR count). The number of halogens is 1.